The molecule has 1 aromatic carbocycles. The highest BCUT2D eigenvalue weighted by Gasteiger charge is 2.25. The molecule has 0 unspecified atom stereocenters. The van der Waals surface area contributed by atoms with Crippen LogP contribution in [0.5, 0.6) is 0 Å². The van der Waals surface area contributed by atoms with Gasteiger partial charge >= 0.3 is 5.97 Å². The molecule has 0 saturated carbocycles. The fourth-order valence-corrected chi connectivity index (χ4v) is 2.52. The first kappa shape index (κ1) is 16.3. The fourth-order valence-electron chi connectivity index (χ4n) is 2.52. The second-order valence-electron chi connectivity index (χ2n) is 5.87. The van der Waals surface area contributed by atoms with E-state index in [-0.39, 0.29) is 17.8 Å². The number of aryl methyl sites for hydroxylation is 2. The van der Waals surface area contributed by atoms with Crippen molar-refractivity contribution < 1.29 is 14.3 Å². The van der Waals surface area contributed by atoms with Gasteiger partial charge < -0.3 is 10.1 Å². The first-order valence-corrected chi connectivity index (χ1v) is 7.71. The number of benzene rings is 1. The average Bonchev–Trinajstić information content (AvgIpc) is 2.50. The van der Waals surface area contributed by atoms with Gasteiger partial charge in [0.15, 0.2) is 6.10 Å². The smallest absolute Gasteiger partial charge is 0.310 e. The Hall–Kier alpha value is -2.10. The summed E-state index contributed by atoms with van der Waals surface area (Å²) >= 11 is 0. The molecule has 22 heavy (non-hydrogen) atoms. The Morgan fingerprint density at radius 3 is 2.68 bits per heavy atom. The maximum atomic E-state index is 12.2. The van der Waals surface area contributed by atoms with Gasteiger partial charge in [-0.15, -0.1) is 0 Å². The van der Waals surface area contributed by atoms with Crippen LogP contribution in [0, 0.1) is 19.8 Å². The van der Waals surface area contributed by atoms with Gasteiger partial charge in [-0.3, -0.25) is 9.59 Å². The van der Waals surface area contributed by atoms with Crippen LogP contribution in [0.25, 0.3) is 0 Å². The van der Waals surface area contributed by atoms with Gasteiger partial charge in [0.2, 0.25) is 0 Å². The molecule has 118 valence electrons. The number of amides is 1. The van der Waals surface area contributed by atoms with Gasteiger partial charge in [-0.1, -0.05) is 29.8 Å². The lowest BCUT2D eigenvalue weighted by Crippen LogP contribution is -2.32. The molecule has 0 heterocycles. The predicted octanol–water partition coefficient (Wildman–Crippen LogP) is 3.53. The first-order valence-electron chi connectivity index (χ1n) is 7.71. The summed E-state index contributed by atoms with van der Waals surface area (Å²) < 4.78 is 5.30. The zero-order chi connectivity index (χ0) is 16.1. The molecule has 0 radical (unpaired) electrons. The van der Waals surface area contributed by atoms with E-state index in [1.807, 2.05) is 38.1 Å². The molecule has 2 atom stereocenters. The van der Waals surface area contributed by atoms with E-state index in [0.29, 0.717) is 6.42 Å². The van der Waals surface area contributed by atoms with E-state index in [4.69, 9.17) is 4.74 Å². The molecular formula is C18H23NO3. The van der Waals surface area contributed by atoms with Crippen molar-refractivity contribution in [3.8, 4) is 0 Å². The minimum atomic E-state index is -0.792. The summed E-state index contributed by atoms with van der Waals surface area (Å²) in [6, 6.07) is 5.80. The molecule has 2 rings (SSSR count). The molecule has 1 amide bonds. The SMILES string of the molecule is Cc1ccc(NC(=O)[C@H](C)OC(=O)[C@H]2CC=CCC2)c(C)c1. The molecule has 0 bridgehead atoms. The Morgan fingerprint density at radius 1 is 1.27 bits per heavy atom. The van der Waals surface area contributed by atoms with Crippen LogP contribution < -0.4 is 5.32 Å². The van der Waals surface area contributed by atoms with Crippen LogP contribution in [0.3, 0.4) is 0 Å². The summed E-state index contributed by atoms with van der Waals surface area (Å²) in [6.07, 6.45) is 5.66. The first-order chi connectivity index (χ1) is 10.5. The molecule has 4 nitrogen and oxygen atoms in total. The summed E-state index contributed by atoms with van der Waals surface area (Å²) in [5.41, 5.74) is 2.88. The van der Waals surface area contributed by atoms with Gasteiger partial charge in [0.05, 0.1) is 5.92 Å². The van der Waals surface area contributed by atoms with Crippen molar-refractivity contribution in [2.24, 2.45) is 5.92 Å². The van der Waals surface area contributed by atoms with E-state index in [9.17, 15) is 9.59 Å². The lowest BCUT2D eigenvalue weighted by molar-refractivity contribution is -0.157. The Bertz CT molecular complexity index is 592. The van der Waals surface area contributed by atoms with Gasteiger partial charge in [0.25, 0.3) is 5.91 Å². The van der Waals surface area contributed by atoms with E-state index in [1.54, 1.807) is 6.92 Å². The third-order valence-corrected chi connectivity index (χ3v) is 3.90. The zero-order valence-electron chi connectivity index (χ0n) is 13.4. The van der Waals surface area contributed by atoms with Crippen LogP contribution in [0.2, 0.25) is 0 Å². The number of ether oxygens (including phenoxy) is 1. The summed E-state index contributed by atoms with van der Waals surface area (Å²) in [5, 5.41) is 2.82. The molecule has 1 aliphatic rings. The number of hydrogen-bond acceptors (Lipinski definition) is 3. The largest absolute Gasteiger partial charge is 0.452 e. The highest BCUT2D eigenvalue weighted by atomic mass is 16.5. The van der Waals surface area contributed by atoms with Crippen molar-refractivity contribution >= 4 is 17.6 Å². The lowest BCUT2D eigenvalue weighted by atomic mass is 9.95. The Balaban J connectivity index is 1.91. The van der Waals surface area contributed by atoms with Gasteiger partial charge in [-0.2, -0.15) is 0 Å². The number of hydrogen-bond donors (Lipinski definition) is 1. The Labute approximate surface area is 131 Å². The number of allylic oxidation sites excluding steroid dienone is 2. The van der Waals surface area contributed by atoms with Crippen molar-refractivity contribution in [1.82, 2.24) is 0 Å². The molecule has 0 spiro atoms. The molecule has 1 N–H and O–H groups in total. The molecule has 0 aliphatic heterocycles. The maximum Gasteiger partial charge on any atom is 0.310 e. The standard InChI is InChI=1S/C18H23NO3/c1-12-9-10-16(13(2)11-12)19-17(20)14(3)22-18(21)15-7-5-4-6-8-15/h4-5,9-11,14-15H,6-8H2,1-3H3,(H,19,20)/t14-,15-/m0/s1. The molecule has 0 fully saturated rings. The van der Waals surface area contributed by atoms with Crippen molar-refractivity contribution in [2.75, 3.05) is 5.32 Å². The number of rotatable bonds is 4. The normalized spacial score (nSPS) is 18.6. The molecule has 1 aliphatic carbocycles. The highest BCUT2D eigenvalue weighted by molar-refractivity contribution is 5.95. The summed E-state index contributed by atoms with van der Waals surface area (Å²) in [5.74, 6) is -0.708. The minimum Gasteiger partial charge on any atom is -0.452 e. The summed E-state index contributed by atoms with van der Waals surface area (Å²) in [6.45, 7) is 5.55. The van der Waals surface area contributed by atoms with Crippen molar-refractivity contribution in [2.45, 2.75) is 46.1 Å². The van der Waals surface area contributed by atoms with Crippen LogP contribution >= 0.6 is 0 Å². The van der Waals surface area contributed by atoms with E-state index in [1.165, 1.54) is 0 Å². The Kier molecular flexibility index (Phi) is 5.36. The average molecular weight is 301 g/mol. The summed E-state index contributed by atoms with van der Waals surface area (Å²) in [4.78, 5) is 24.2. The van der Waals surface area contributed by atoms with Crippen LogP contribution in [-0.2, 0) is 14.3 Å². The third-order valence-electron chi connectivity index (χ3n) is 3.90. The van der Waals surface area contributed by atoms with Gasteiger partial charge in [-0.05, 0) is 51.7 Å². The molecule has 1 aromatic rings. The van der Waals surface area contributed by atoms with Crippen molar-refractivity contribution in [3.63, 3.8) is 0 Å². The second-order valence-corrected chi connectivity index (χ2v) is 5.87. The molecule has 0 saturated heterocycles. The van der Waals surface area contributed by atoms with E-state index < -0.39 is 6.10 Å². The lowest BCUT2D eigenvalue weighted by Gasteiger charge is -2.20. The van der Waals surface area contributed by atoms with E-state index in [0.717, 1.165) is 29.7 Å². The minimum absolute atomic E-state index is 0.124. The summed E-state index contributed by atoms with van der Waals surface area (Å²) in [7, 11) is 0. The predicted molar refractivity (Wildman–Crippen MR) is 86.6 cm³/mol. The van der Waals surface area contributed by atoms with E-state index >= 15 is 0 Å². The zero-order valence-corrected chi connectivity index (χ0v) is 13.4. The topological polar surface area (TPSA) is 55.4 Å². The fraction of sp³-hybridized carbons (Fsp3) is 0.444. The third kappa shape index (κ3) is 4.20. The number of carbonyl (C=O) groups is 2. The van der Waals surface area contributed by atoms with Gasteiger partial charge in [0.1, 0.15) is 0 Å². The van der Waals surface area contributed by atoms with Crippen LogP contribution in [0.15, 0.2) is 30.4 Å². The van der Waals surface area contributed by atoms with Gasteiger partial charge in [0, 0.05) is 5.69 Å². The maximum absolute atomic E-state index is 12.2. The van der Waals surface area contributed by atoms with Crippen LogP contribution in [0.4, 0.5) is 5.69 Å². The van der Waals surface area contributed by atoms with Crippen molar-refractivity contribution in [1.29, 1.82) is 0 Å². The Morgan fingerprint density at radius 2 is 2.05 bits per heavy atom. The van der Waals surface area contributed by atoms with Crippen LogP contribution in [-0.4, -0.2) is 18.0 Å². The van der Waals surface area contributed by atoms with Crippen LogP contribution in [0.1, 0.15) is 37.3 Å². The number of anilines is 1. The van der Waals surface area contributed by atoms with Crippen molar-refractivity contribution in [3.05, 3.63) is 41.5 Å². The molecular weight excluding hydrogens is 278 g/mol. The second kappa shape index (κ2) is 7.25. The number of esters is 1. The molecule has 0 aromatic heterocycles. The molecule has 4 heteroatoms. The number of carbonyl (C=O) groups excluding carboxylic acids is 2. The highest BCUT2D eigenvalue weighted by Crippen LogP contribution is 2.21. The number of nitrogens with one attached hydrogen (secondary N) is 1. The van der Waals surface area contributed by atoms with E-state index in [2.05, 4.69) is 11.4 Å². The van der Waals surface area contributed by atoms with Gasteiger partial charge in [-0.25, -0.2) is 0 Å². The quantitative estimate of drug-likeness (QED) is 0.683. The monoisotopic (exact) mass is 301 g/mol.